The van der Waals surface area contributed by atoms with E-state index in [1.807, 2.05) is 49.4 Å². The van der Waals surface area contributed by atoms with Gasteiger partial charge in [0.25, 0.3) is 0 Å². The summed E-state index contributed by atoms with van der Waals surface area (Å²) >= 11 is 3.40. The van der Waals surface area contributed by atoms with E-state index in [4.69, 9.17) is 15.2 Å². The van der Waals surface area contributed by atoms with Gasteiger partial charge in [-0.2, -0.15) is 0 Å². The third-order valence-electron chi connectivity index (χ3n) is 2.69. The first-order valence-corrected chi connectivity index (χ1v) is 6.82. The first-order chi connectivity index (χ1) is 9.16. The van der Waals surface area contributed by atoms with Gasteiger partial charge in [0.15, 0.2) is 0 Å². The Balaban J connectivity index is 1.82. The maximum atomic E-state index is 5.92. The molecule has 2 aromatic carbocycles. The number of hydrogen-bond donors (Lipinski definition) is 1. The van der Waals surface area contributed by atoms with Crippen LogP contribution in [0.1, 0.15) is 5.56 Å². The van der Waals surface area contributed by atoms with Crippen molar-refractivity contribution in [3.8, 4) is 11.5 Å². The summed E-state index contributed by atoms with van der Waals surface area (Å²) in [6.07, 6.45) is 0. The average Bonchev–Trinajstić information content (AvgIpc) is 2.39. The van der Waals surface area contributed by atoms with Crippen molar-refractivity contribution in [1.82, 2.24) is 0 Å². The lowest BCUT2D eigenvalue weighted by Gasteiger charge is -2.11. The predicted molar refractivity (Wildman–Crippen MR) is 80.7 cm³/mol. The number of anilines is 1. The van der Waals surface area contributed by atoms with Crippen molar-refractivity contribution in [3.05, 3.63) is 52.5 Å². The van der Waals surface area contributed by atoms with Gasteiger partial charge in [0.2, 0.25) is 0 Å². The van der Waals surface area contributed by atoms with E-state index in [2.05, 4.69) is 15.9 Å². The Kier molecular flexibility index (Phi) is 4.68. The highest BCUT2D eigenvalue weighted by molar-refractivity contribution is 9.10. The van der Waals surface area contributed by atoms with Crippen molar-refractivity contribution in [2.45, 2.75) is 6.92 Å². The summed E-state index contributed by atoms with van der Waals surface area (Å²) in [6, 6.07) is 13.5. The predicted octanol–water partition coefficient (Wildman–Crippen LogP) is 3.80. The molecule has 0 amide bonds. The molecule has 0 aliphatic carbocycles. The Morgan fingerprint density at radius 3 is 2.58 bits per heavy atom. The van der Waals surface area contributed by atoms with Gasteiger partial charge in [-0.1, -0.05) is 34.1 Å². The molecule has 100 valence electrons. The van der Waals surface area contributed by atoms with Crippen molar-refractivity contribution >= 4 is 21.6 Å². The number of nitrogens with two attached hydrogens (primary N) is 1. The molecule has 0 aliphatic heterocycles. The SMILES string of the molecule is Cc1cccc(OCCOc2cccc(Br)c2)c1N. The van der Waals surface area contributed by atoms with Crippen LogP contribution in [0, 0.1) is 6.92 Å². The second-order valence-corrected chi connectivity index (χ2v) is 5.06. The van der Waals surface area contributed by atoms with Gasteiger partial charge in [0, 0.05) is 4.47 Å². The van der Waals surface area contributed by atoms with Crippen molar-refractivity contribution in [1.29, 1.82) is 0 Å². The molecular weight excluding hydrogens is 306 g/mol. The molecule has 0 unspecified atom stereocenters. The number of para-hydroxylation sites is 1. The average molecular weight is 322 g/mol. The largest absolute Gasteiger partial charge is 0.490 e. The highest BCUT2D eigenvalue weighted by Gasteiger charge is 2.02. The summed E-state index contributed by atoms with van der Waals surface area (Å²) in [5.41, 5.74) is 7.63. The van der Waals surface area contributed by atoms with Gasteiger partial charge >= 0.3 is 0 Å². The summed E-state index contributed by atoms with van der Waals surface area (Å²) in [5, 5.41) is 0. The Morgan fingerprint density at radius 1 is 1.05 bits per heavy atom. The second-order valence-electron chi connectivity index (χ2n) is 4.14. The van der Waals surface area contributed by atoms with E-state index in [1.54, 1.807) is 0 Å². The minimum atomic E-state index is 0.458. The molecule has 3 nitrogen and oxygen atoms in total. The maximum Gasteiger partial charge on any atom is 0.142 e. The van der Waals surface area contributed by atoms with Crippen LogP contribution in [-0.4, -0.2) is 13.2 Å². The number of benzene rings is 2. The fourth-order valence-electron chi connectivity index (χ4n) is 1.65. The maximum absolute atomic E-state index is 5.92. The molecule has 0 saturated carbocycles. The minimum Gasteiger partial charge on any atom is -0.490 e. The number of ether oxygens (including phenoxy) is 2. The molecule has 19 heavy (non-hydrogen) atoms. The molecule has 0 aliphatic rings. The van der Waals surface area contributed by atoms with E-state index in [1.165, 1.54) is 0 Å². The molecule has 0 heterocycles. The summed E-state index contributed by atoms with van der Waals surface area (Å²) in [5.74, 6) is 1.52. The normalized spacial score (nSPS) is 10.2. The molecule has 4 heteroatoms. The summed E-state index contributed by atoms with van der Waals surface area (Å²) in [7, 11) is 0. The zero-order valence-corrected chi connectivity index (χ0v) is 12.3. The lowest BCUT2D eigenvalue weighted by Crippen LogP contribution is -2.10. The van der Waals surface area contributed by atoms with Crippen molar-refractivity contribution in [3.63, 3.8) is 0 Å². The van der Waals surface area contributed by atoms with Crippen LogP contribution in [0.3, 0.4) is 0 Å². The van der Waals surface area contributed by atoms with Crippen LogP contribution < -0.4 is 15.2 Å². The van der Waals surface area contributed by atoms with Crippen molar-refractivity contribution in [2.75, 3.05) is 18.9 Å². The number of hydrogen-bond acceptors (Lipinski definition) is 3. The Morgan fingerprint density at radius 2 is 1.79 bits per heavy atom. The number of nitrogen functional groups attached to an aromatic ring is 1. The van der Waals surface area contributed by atoms with E-state index < -0.39 is 0 Å². The fraction of sp³-hybridized carbons (Fsp3) is 0.200. The fourth-order valence-corrected chi connectivity index (χ4v) is 2.03. The zero-order chi connectivity index (χ0) is 13.7. The quantitative estimate of drug-likeness (QED) is 0.673. The third-order valence-corrected chi connectivity index (χ3v) is 3.18. The van der Waals surface area contributed by atoms with Crippen LogP contribution >= 0.6 is 15.9 Å². The lowest BCUT2D eigenvalue weighted by atomic mass is 10.2. The molecule has 0 saturated heterocycles. The molecule has 0 bridgehead atoms. The smallest absolute Gasteiger partial charge is 0.142 e. The molecule has 2 N–H and O–H groups in total. The monoisotopic (exact) mass is 321 g/mol. The summed E-state index contributed by atoms with van der Waals surface area (Å²) in [6.45, 7) is 2.89. The van der Waals surface area contributed by atoms with Crippen molar-refractivity contribution in [2.24, 2.45) is 0 Å². The molecular formula is C15H16BrNO2. The molecule has 2 aromatic rings. The molecule has 2 rings (SSSR count). The molecule has 0 spiro atoms. The van der Waals surface area contributed by atoms with Crippen LogP contribution in [0.5, 0.6) is 11.5 Å². The van der Waals surface area contributed by atoms with Gasteiger partial charge in [-0.25, -0.2) is 0 Å². The van der Waals surface area contributed by atoms with Gasteiger partial charge in [-0.05, 0) is 36.8 Å². The van der Waals surface area contributed by atoms with Crippen LogP contribution in [0.2, 0.25) is 0 Å². The van der Waals surface area contributed by atoms with E-state index in [0.29, 0.717) is 24.7 Å². The Labute approximate surface area is 121 Å². The highest BCUT2D eigenvalue weighted by Crippen LogP contribution is 2.24. The van der Waals surface area contributed by atoms with Crippen molar-refractivity contribution < 1.29 is 9.47 Å². The van der Waals surface area contributed by atoms with Crippen LogP contribution in [0.15, 0.2) is 46.9 Å². The molecule has 0 atom stereocenters. The van der Waals surface area contributed by atoms with E-state index in [0.717, 1.165) is 15.8 Å². The zero-order valence-electron chi connectivity index (χ0n) is 10.7. The van der Waals surface area contributed by atoms with Crippen LogP contribution in [0.25, 0.3) is 0 Å². The number of rotatable bonds is 5. The van der Waals surface area contributed by atoms with Gasteiger partial charge in [-0.15, -0.1) is 0 Å². The van der Waals surface area contributed by atoms with Crippen LogP contribution in [-0.2, 0) is 0 Å². The number of halogens is 1. The Bertz CT molecular complexity index is 558. The topological polar surface area (TPSA) is 44.5 Å². The van der Waals surface area contributed by atoms with Gasteiger partial charge in [0.05, 0.1) is 5.69 Å². The molecule has 0 aromatic heterocycles. The Hall–Kier alpha value is -1.68. The van der Waals surface area contributed by atoms with E-state index in [9.17, 15) is 0 Å². The van der Waals surface area contributed by atoms with E-state index in [-0.39, 0.29) is 0 Å². The van der Waals surface area contributed by atoms with Gasteiger partial charge in [-0.3, -0.25) is 0 Å². The van der Waals surface area contributed by atoms with Crippen LogP contribution in [0.4, 0.5) is 5.69 Å². The first-order valence-electron chi connectivity index (χ1n) is 6.03. The summed E-state index contributed by atoms with van der Waals surface area (Å²) in [4.78, 5) is 0. The lowest BCUT2D eigenvalue weighted by molar-refractivity contribution is 0.218. The third kappa shape index (κ3) is 3.89. The number of aryl methyl sites for hydroxylation is 1. The van der Waals surface area contributed by atoms with Gasteiger partial charge in [0.1, 0.15) is 24.7 Å². The van der Waals surface area contributed by atoms with E-state index >= 15 is 0 Å². The summed E-state index contributed by atoms with van der Waals surface area (Å²) < 4.78 is 12.2. The standard InChI is InChI=1S/C15H16BrNO2/c1-11-4-2-7-14(15(11)17)19-9-8-18-13-6-3-5-12(16)10-13/h2-7,10H,8-9,17H2,1H3. The first kappa shape index (κ1) is 13.7. The second kappa shape index (κ2) is 6.48. The highest BCUT2D eigenvalue weighted by atomic mass is 79.9. The molecule has 0 radical (unpaired) electrons. The molecule has 0 fully saturated rings. The minimum absolute atomic E-state index is 0.458. The van der Waals surface area contributed by atoms with Gasteiger partial charge < -0.3 is 15.2 Å².